The highest BCUT2D eigenvalue weighted by molar-refractivity contribution is 5.94. The maximum absolute atomic E-state index is 13.0. The van der Waals surface area contributed by atoms with Crippen LogP contribution < -0.4 is 11.1 Å². The van der Waals surface area contributed by atoms with Gasteiger partial charge < -0.3 is 16.0 Å². The first-order chi connectivity index (χ1) is 14.7. The van der Waals surface area contributed by atoms with Crippen molar-refractivity contribution >= 4 is 22.6 Å². The molecule has 1 fully saturated rings. The summed E-state index contributed by atoms with van der Waals surface area (Å²) in [6.07, 6.45) is -0.998. The molecule has 0 radical (unpaired) electrons. The molecule has 0 unspecified atom stereocenters. The highest BCUT2D eigenvalue weighted by Crippen LogP contribution is 2.39. The molecule has 4 rings (SSSR count). The number of hydrogen-bond donors (Lipinski definition) is 3. The fraction of sp³-hybridized carbons (Fsp3) is 0.391. The molecule has 0 saturated heterocycles. The van der Waals surface area contributed by atoms with Crippen molar-refractivity contribution in [2.75, 3.05) is 11.9 Å². The van der Waals surface area contributed by atoms with Gasteiger partial charge in [0.1, 0.15) is 5.82 Å². The van der Waals surface area contributed by atoms with Gasteiger partial charge in [-0.05, 0) is 80.3 Å². The third kappa shape index (κ3) is 4.68. The third-order valence-electron chi connectivity index (χ3n) is 6.13. The number of nitrogens with zero attached hydrogens (tertiary/aromatic N) is 1. The molecule has 164 valence electrons. The van der Waals surface area contributed by atoms with E-state index in [0.717, 1.165) is 66.9 Å². The monoisotopic (exact) mass is 430 g/mol. The Labute approximate surface area is 178 Å². The summed E-state index contributed by atoms with van der Waals surface area (Å²) in [6.45, 7) is 2.74. The largest absolute Gasteiger partial charge is 0.416 e. The lowest BCUT2D eigenvalue weighted by molar-refractivity contribution is -0.137. The lowest BCUT2D eigenvalue weighted by Crippen LogP contribution is -2.23. The van der Waals surface area contributed by atoms with E-state index < -0.39 is 17.6 Å². The van der Waals surface area contributed by atoms with Gasteiger partial charge in [0.05, 0.1) is 16.6 Å². The summed E-state index contributed by atoms with van der Waals surface area (Å²) in [7, 11) is 0. The summed E-state index contributed by atoms with van der Waals surface area (Å²) in [4.78, 5) is 19.4. The second-order valence-electron chi connectivity index (χ2n) is 8.32. The summed E-state index contributed by atoms with van der Waals surface area (Å²) < 4.78 is 39.0. The van der Waals surface area contributed by atoms with E-state index in [9.17, 15) is 18.0 Å². The lowest BCUT2D eigenvalue weighted by Gasteiger charge is -2.30. The topological polar surface area (TPSA) is 83.8 Å². The number of anilines is 1. The second kappa shape index (κ2) is 8.24. The summed E-state index contributed by atoms with van der Waals surface area (Å²) in [5.74, 6) is 0.575. The SMILES string of the molecule is Cc1nc2ccc(NCC3CCC(c4ccc(C(F)(F)F)cc4C(N)=O)CC3)cc2[nH]1. The third-order valence-corrected chi connectivity index (χ3v) is 6.13. The number of carbonyl (C=O) groups is 1. The Balaban J connectivity index is 1.38. The molecule has 31 heavy (non-hydrogen) atoms. The predicted molar refractivity (Wildman–Crippen MR) is 114 cm³/mol. The van der Waals surface area contributed by atoms with E-state index in [1.54, 1.807) is 0 Å². The van der Waals surface area contributed by atoms with E-state index >= 15 is 0 Å². The Bertz CT molecular complexity index is 1100. The van der Waals surface area contributed by atoms with E-state index in [1.807, 2.05) is 25.1 Å². The molecular formula is C23H25F3N4O. The molecule has 1 saturated carbocycles. The van der Waals surface area contributed by atoms with Crippen LogP contribution in [0.3, 0.4) is 0 Å². The number of carbonyl (C=O) groups excluding carboxylic acids is 1. The molecular weight excluding hydrogens is 405 g/mol. The predicted octanol–water partition coefficient (Wildman–Crippen LogP) is 5.37. The van der Waals surface area contributed by atoms with Crippen molar-refractivity contribution in [2.45, 2.75) is 44.7 Å². The summed E-state index contributed by atoms with van der Waals surface area (Å²) in [5.41, 5.74) is 8.12. The highest BCUT2D eigenvalue weighted by atomic mass is 19.4. The van der Waals surface area contributed by atoms with Gasteiger partial charge in [-0.2, -0.15) is 13.2 Å². The van der Waals surface area contributed by atoms with Crippen LogP contribution in [0.2, 0.25) is 0 Å². The minimum Gasteiger partial charge on any atom is -0.385 e. The van der Waals surface area contributed by atoms with Crippen LogP contribution in [0.25, 0.3) is 11.0 Å². The van der Waals surface area contributed by atoms with Crippen LogP contribution in [0.1, 0.15) is 58.9 Å². The number of H-pyrrole nitrogens is 1. The molecule has 0 atom stereocenters. The van der Waals surface area contributed by atoms with Crippen molar-refractivity contribution in [3.63, 3.8) is 0 Å². The fourth-order valence-corrected chi connectivity index (χ4v) is 4.49. The number of nitrogens with one attached hydrogen (secondary N) is 2. The Kier molecular flexibility index (Phi) is 5.64. The number of aromatic nitrogens is 2. The first-order valence-electron chi connectivity index (χ1n) is 10.4. The smallest absolute Gasteiger partial charge is 0.385 e. The number of hydrogen-bond acceptors (Lipinski definition) is 3. The van der Waals surface area contributed by atoms with E-state index in [1.165, 1.54) is 6.07 Å². The zero-order valence-electron chi connectivity index (χ0n) is 17.2. The molecule has 8 heteroatoms. The van der Waals surface area contributed by atoms with Crippen LogP contribution in [0.4, 0.5) is 18.9 Å². The maximum atomic E-state index is 13.0. The Morgan fingerprint density at radius 2 is 1.90 bits per heavy atom. The molecule has 0 aliphatic heterocycles. The first kappa shape index (κ1) is 21.2. The molecule has 1 amide bonds. The normalized spacial score (nSPS) is 19.5. The Morgan fingerprint density at radius 1 is 1.16 bits per heavy atom. The van der Waals surface area contributed by atoms with Gasteiger partial charge in [0.15, 0.2) is 0 Å². The molecule has 3 aromatic rings. The zero-order valence-corrected chi connectivity index (χ0v) is 17.2. The molecule has 1 heterocycles. The van der Waals surface area contributed by atoms with Gasteiger partial charge in [-0.15, -0.1) is 0 Å². The van der Waals surface area contributed by atoms with Crippen molar-refractivity contribution in [2.24, 2.45) is 11.7 Å². The number of aryl methyl sites for hydroxylation is 1. The minimum absolute atomic E-state index is 0.0143. The summed E-state index contributed by atoms with van der Waals surface area (Å²) in [6, 6.07) is 9.39. The quantitative estimate of drug-likeness (QED) is 0.508. The number of amides is 1. The zero-order chi connectivity index (χ0) is 22.2. The van der Waals surface area contributed by atoms with E-state index in [-0.39, 0.29) is 11.5 Å². The minimum atomic E-state index is -4.50. The molecule has 0 spiro atoms. The Morgan fingerprint density at radius 3 is 2.58 bits per heavy atom. The number of alkyl halides is 3. The highest BCUT2D eigenvalue weighted by Gasteiger charge is 2.33. The number of nitrogens with two attached hydrogens (primary N) is 1. The van der Waals surface area contributed by atoms with Crippen LogP contribution in [-0.2, 0) is 6.18 Å². The van der Waals surface area contributed by atoms with Crippen molar-refractivity contribution in [1.82, 2.24) is 9.97 Å². The molecule has 2 aromatic carbocycles. The van der Waals surface area contributed by atoms with Crippen LogP contribution >= 0.6 is 0 Å². The summed E-state index contributed by atoms with van der Waals surface area (Å²) >= 11 is 0. The lowest BCUT2D eigenvalue weighted by atomic mass is 9.77. The molecule has 1 aliphatic rings. The van der Waals surface area contributed by atoms with Crippen molar-refractivity contribution < 1.29 is 18.0 Å². The fourth-order valence-electron chi connectivity index (χ4n) is 4.49. The number of fused-ring (bicyclic) bond motifs is 1. The molecule has 0 bridgehead atoms. The van der Waals surface area contributed by atoms with Gasteiger partial charge in [-0.1, -0.05) is 6.07 Å². The van der Waals surface area contributed by atoms with Crippen molar-refractivity contribution in [1.29, 1.82) is 0 Å². The van der Waals surface area contributed by atoms with Crippen LogP contribution in [-0.4, -0.2) is 22.4 Å². The molecule has 4 N–H and O–H groups in total. The summed E-state index contributed by atoms with van der Waals surface area (Å²) in [5, 5.41) is 3.48. The first-order valence-corrected chi connectivity index (χ1v) is 10.4. The molecule has 1 aromatic heterocycles. The number of aromatic amines is 1. The average Bonchev–Trinajstić information content (AvgIpc) is 3.10. The number of rotatable bonds is 5. The number of halogens is 3. The van der Waals surface area contributed by atoms with E-state index in [0.29, 0.717) is 11.5 Å². The van der Waals surface area contributed by atoms with Crippen molar-refractivity contribution in [3.8, 4) is 0 Å². The maximum Gasteiger partial charge on any atom is 0.416 e. The van der Waals surface area contributed by atoms with Crippen LogP contribution in [0.15, 0.2) is 36.4 Å². The molecule has 5 nitrogen and oxygen atoms in total. The van der Waals surface area contributed by atoms with Gasteiger partial charge in [0.25, 0.3) is 0 Å². The number of benzene rings is 2. The van der Waals surface area contributed by atoms with Gasteiger partial charge in [0, 0.05) is 17.8 Å². The van der Waals surface area contributed by atoms with Crippen molar-refractivity contribution in [3.05, 3.63) is 58.9 Å². The van der Waals surface area contributed by atoms with Crippen LogP contribution in [0.5, 0.6) is 0 Å². The van der Waals surface area contributed by atoms with E-state index in [4.69, 9.17) is 5.73 Å². The Hall–Kier alpha value is -3.03. The van der Waals surface area contributed by atoms with Gasteiger partial charge in [-0.25, -0.2) is 4.98 Å². The second-order valence-corrected chi connectivity index (χ2v) is 8.32. The van der Waals surface area contributed by atoms with Gasteiger partial charge in [0.2, 0.25) is 5.91 Å². The van der Waals surface area contributed by atoms with E-state index in [2.05, 4.69) is 15.3 Å². The standard InChI is InChI=1S/C23H25F3N4O/c1-13-29-20-9-7-17(11-21(20)30-13)28-12-14-2-4-15(5-3-14)18-8-6-16(23(24,25)26)10-19(18)22(27)31/h6-11,14-15,28H,2-5,12H2,1H3,(H2,27,31)(H,29,30). The molecule has 1 aliphatic carbocycles. The van der Waals surface area contributed by atoms with Gasteiger partial charge in [-0.3, -0.25) is 4.79 Å². The number of imidazole rings is 1. The van der Waals surface area contributed by atoms with Gasteiger partial charge >= 0.3 is 6.18 Å². The van der Waals surface area contributed by atoms with Crippen LogP contribution in [0, 0.1) is 12.8 Å². The average molecular weight is 430 g/mol. The number of primary amides is 1.